The zero-order valence-electron chi connectivity index (χ0n) is 11.5. The highest BCUT2D eigenvalue weighted by Crippen LogP contribution is 2.34. The van der Waals surface area contributed by atoms with Crippen molar-refractivity contribution in [3.8, 4) is 0 Å². The van der Waals surface area contributed by atoms with Crippen LogP contribution in [0.3, 0.4) is 0 Å². The number of halogens is 3. The molecule has 0 spiro atoms. The van der Waals surface area contributed by atoms with Gasteiger partial charge in [0.05, 0.1) is 5.02 Å². The average molecular weight is 367 g/mol. The van der Waals surface area contributed by atoms with Crippen LogP contribution in [0, 0.1) is 5.82 Å². The SMILES string of the molecule is Fc1ccc(/C=C/c2nnc(Sc3ccc(Cl)cc3Cl)o2)cc1. The van der Waals surface area contributed by atoms with Gasteiger partial charge in [-0.2, -0.15) is 0 Å². The maximum absolute atomic E-state index is 12.8. The van der Waals surface area contributed by atoms with Crippen molar-refractivity contribution in [3.05, 3.63) is 69.8 Å². The number of aromatic nitrogens is 2. The van der Waals surface area contributed by atoms with Crippen LogP contribution in [0.15, 0.2) is 57.0 Å². The zero-order valence-corrected chi connectivity index (χ0v) is 13.9. The van der Waals surface area contributed by atoms with Crippen LogP contribution in [-0.2, 0) is 0 Å². The number of nitrogens with zero attached hydrogens (tertiary/aromatic N) is 2. The molecule has 0 fully saturated rings. The summed E-state index contributed by atoms with van der Waals surface area (Å²) >= 11 is 13.2. The van der Waals surface area contributed by atoms with Gasteiger partial charge in [-0.05, 0) is 53.7 Å². The van der Waals surface area contributed by atoms with E-state index >= 15 is 0 Å². The highest BCUT2D eigenvalue weighted by Gasteiger charge is 2.09. The summed E-state index contributed by atoms with van der Waals surface area (Å²) in [6.45, 7) is 0. The molecule has 0 unspecified atom stereocenters. The highest BCUT2D eigenvalue weighted by atomic mass is 35.5. The molecule has 0 amide bonds. The summed E-state index contributed by atoms with van der Waals surface area (Å²) in [7, 11) is 0. The Morgan fingerprint density at radius 3 is 2.52 bits per heavy atom. The fourth-order valence-corrected chi connectivity index (χ4v) is 2.94. The van der Waals surface area contributed by atoms with Crippen LogP contribution in [0.2, 0.25) is 10.0 Å². The fourth-order valence-electron chi connectivity index (χ4n) is 1.72. The topological polar surface area (TPSA) is 38.9 Å². The van der Waals surface area contributed by atoms with E-state index in [-0.39, 0.29) is 5.82 Å². The molecule has 0 saturated carbocycles. The molecule has 0 atom stereocenters. The molecule has 0 N–H and O–H groups in total. The Labute approximate surface area is 146 Å². The molecule has 3 aromatic rings. The summed E-state index contributed by atoms with van der Waals surface area (Å²) in [5.41, 5.74) is 0.833. The van der Waals surface area contributed by atoms with E-state index < -0.39 is 0 Å². The molecule has 0 saturated heterocycles. The Balaban J connectivity index is 1.71. The van der Waals surface area contributed by atoms with Gasteiger partial charge in [0, 0.05) is 16.0 Å². The molecule has 1 heterocycles. The molecule has 0 radical (unpaired) electrons. The number of hydrogen-bond donors (Lipinski definition) is 0. The van der Waals surface area contributed by atoms with E-state index in [1.54, 1.807) is 42.5 Å². The number of rotatable bonds is 4. The lowest BCUT2D eigenvalue weighted by Crippen LogP contribution is -1.76. The molecule has 0 aliphatic heterocycles. The van der Waals surface area contributed by atoms with Gasteiger partial charge in [0.2, 0.25) is 5.89 Å². The van der Waals surface area contributed by atoms with Crippen molar-refractivity contribution in [3.63, 3.8) is 0 Å². The highest BCUT2D eigenvalue weighted by molar-refractivity contribution is 7.99. The summed E-state index contributed by atoms with van der Waals surface area (Å²) in [6, 6.07) is 11.3. The second-order valence-electron chi connectivity index (χ2n) is 4.47. The van der Waals surface area contributed by atoms with E-state index in [0.29, 0.717) is 21.2 Å². The minimum atomic E-state index is -0.279. The van der Waals surface area contributed by atoms with E-state index in [0.717, 1.165) is 10.5 Å². The summed E-state index contributed by atoms with van der Waals surface area (Å²) < 4.78 is 18.3. The monoisotopic (exact) mass is 366 g/mol. The second kappa shape index (κ2) is 7.17. The normalized spacial score (nSPS) is 11.3. The fraction of sp³-hybridized carbons (Fsp3) is 0. The van der Waals surface area contributed by atoms with E-state index in [2.05, 4.69) is 10.2 Å². The molecule has 0 aliphatic carbocycles. The van der Waals surface area contributed by atoms with Crippen molar-refractivity contribution in [2.24, 2.45) is 0 Å². The molecule has 2 aromatic carbocycles. The van der Waals surface area contributed by atoms with Crippen molar-refractivity contribution < 1.29 is 8.81 Å². The van der Waals surface area contributed by atoms with Crippen molar-refractivity contribution in [2.75, 3.05) is 0 Å². The Bertz CT molecular complexity index is 850. The van der Waals surface area contributed by atoms with Crippen molar-refractivity contribution in [1.29, 1.82) is 0 Å². The predicted octanol–water partition coefficient (Wildman–Crippen LogP) is 5.84. The summed E-state index contributed by atoms with van der Waals surface area (Å²) in [4.78, 5) is 0.772. The standard InChI is InChI=1S/C16H9Cl2FN2OS/c17-11-4-7-14(13(18)9-11)23-16-21-20-15(22-16)8-3-10-1-5-12(19)6-2-10/h1-9H/b8-3+. The zero-order chi connectivity index (χ0) is 16.2. The van der Waals surface area contributed by atoms with Crippen LogP contribution >= 0.6 is 35.0 Å². The molecule has 3 rings (SSSR count). The van der Waals surface area contributed by atoms with Crippen LogP contribution in [0.25, 0.3) is 12.2 Å². The lowest BCUT2D eigenvalue weighted by molar-refractivity contribution is 0.446. The van der Waals surface area contributed by atoms with Crippen LogP contribution in [0.1, 0.15) is 11.5 Å². The lowest BCUT2D eigenvalue weighted by Gasteiger charge is -2.00. The first kappa shape index (κ1) is 16.1. The van der Waals surface area contributed by atoms with Crippen molar-refractivity contribution >= 4 is 47.1 Å². The third kappa shape index (κ3) is 4.34. The first-order valence-corrected chi connectivity index (χ1v) is 8.07. The Morgan fingerprint density at radius 2 is 1.78 bits per heavy atom. The van der Waals surface area contributed by atoms with E-state index in [1.807, 2.05) is 0 Å². The molecular formula is C16H9Cl2FN2OS. The minimum absolute atomic E-state index is 0.279. The molecule has 0 bridgehead atoms. The van der Waals surface area contributed by atoms with Gasteiger partial charge in [-0.1, -0.05) is 35.3 Å². The smallest absolute Gasteiger partial charge is 0.281 e. The van der Waals surface area contributed by atoms with Crippen molar-refractivity contribution in [1.82, 2.24) is 10.2 Å². The van der Waals surface area contributed by atoms with Crippen LogP contribution in [0.5, 0.6) is 0 Å². The van der Waals surface area contributed by atoms with Gasteiger partial charge in [-0.25, -0.2) is 4.39 Å². The molecule has 116 valence electrons. The van der Waals surface area contributed by atoms with Gasteiger partial charge >= 0.3 is 0 Å². The average Bonchev–Trinajstić information content (AvgIpc) is 2.97. The van der Waals surface area contributed by atoms with Gasteiger partial charge in [0.25, 0.3) is 5.22 Å². The van der Waals surface area contributed by atoms with Crippen molar-refractivity contribution in [2.45, 2.75) is 10.1 Å². The summed E-state index contributed by atoms with van der Waals surface area (Å²) in [6.07, 6.45) is 3.42. The van der Waals surface area contributed by atoms with E-state index in [9.17, 15) is 4.39 Å². The second-order valence-corrected chi connectivity index (χ2v) is 6.30. The molecule has 1 aromatic heterocycles. The molecular weight excluding hydrogens is 358 g/mol. The van der Waals surface area contributed by atoms with Gasteiger partial charge in [-0.15, -0.1) is 10.2 Å². The molecule has 23 heavy (non-hydrogen) atoms. The molecule has 7 heteroatoms. The van der Waals surface area contributed by atoms with Gasteiger partial charge in [-0.3, -0.25) is 0 Å². The predicted molar refractivity (Wildman–Crippen MR) is 90.2 cm³/mol. The van der Waals surface area contributed by atoms with Gasteiger partial charge in [0.15, 0.2) is 0 Å². The van der Waals surface area contributed by atoms with E-state index in [1.165, 1.54) is 23.9 Å². The van der Waals surface area contributed by atoms with E-state index in [4.69, 9.17) is 27.6 Å². The Kier molecular flexibility index (Phi) is 5.00. The third-order valence-corrected chi connectivity index (χ3v) is 4.38. The Morgan fingerprint density at radius 1 is 1.00 bits per heavy atom. The van der Waals surface area contributed by atoms with Crippen LogP contribution in [0.4, 0.5) is 4.39 Å². The lowest BCUT2D eigenvalue weighted by atomic mass is 10.2. The third-order valence-electron chi connectivity index (χ3n) is 2.80. The minimum Gasteiger partial charge on any atom is -0.412 e. The summed E-state index contributed by atoms with van der Waals surface area (Å²) in [5.74, 6) is 0.0698. The first-order valence-electron chi connectivity index (χ1n) is 6.50. The first-order chi connectivity index (χ1) is 11.1. The summed E-state index contributed by atoms with van der Waals surface area (Å²) in [5, 5.41) is 9.32. The molecule has 3 nitrogen and oxygen atoms in total. The number of hydrogen-bond acceptors (Lipinski definition) is 4. The Hall–Kier alpha value is -1.82. The van der Waals surface area contributed by atoms with Gasteiger partial charge in [0.1, 0.15) is 5.82 Å². The van der Waals surface area contributed by atoms with Crippen LogP contribution < -0.4 is 0 Å². The maximum Gasteiger partial charge on any atom is 0.281 e. The van der Waals surface area contributed by atoms with Gasteiger partial charge < -0.3 is 4.42 Å². The molecule has 0 aliphatic rings. The van der Waals surface area contributed by atoms with Crippen LogP contribution in [-0.4, -0.2) is 10.2 Å². The quantitative estimate of drug-likeness (QED) is 0.581. The number of benzene rings is 2. The maximum atomic E-state index is 12.8. The largest absolute Gasteiger partial charge is 0.412 e.